The highest BCUT2D eigenvalue weighted by Gasteiger charge is 2.19. The van der Waals surface area contributed by atoms with Gasteiger partial charge < -0.3 is 4.98 Å². The summed E-state index contributed by atoms with van der Waals surface area (Å²) < 4.78 is 41.3. The number of aromatic nitrogens is 2. The monoisotopic (exact) mass is 401 g/mol. The molecule has 4 rings (SSSR count). The second-order valence-electron chi connectivity index (χ2n) is 5.83. The standard InChI is InChI=1S/C19H13ClFN3O2S/c20-14-11-12(9-10-15(14)21)27(25,26)24-16-6-2-1-5-13(16)19-22-17-7-3-4-8-18(17)23-19/h1-11,24H,(H,22,23). The maximum atomic E-state index is 13.3. The number of anilines is 1. The molecular weight excluding hydrogens is 389 g/mol. The second kappa shape index (κ2) is 6.68. The molecule has 136 valence electrons. The van der Waals surface area contributed by atoms with Crippen LogP contribution >= 0.6 is 11.6 Å². The Labute approximate surface area is 159 Å². The first-order valence-electron chi connectivity index (χ1n) is 7.96. The Balaban J connectivity index is 1.75. The van der Waals surface area contributed by atoms with E-state index in [1.54, 1.807) is 24.3 Å². The number of nitrogens with zero attached hydrogens (tertiary/aromatic N) is 1. The van der Waals surface area contributed by atoms with Gasteiger partial charge in [-0.15, -0.1) is 0 Å². The predicted octanol–water partition coefficient (Wildman–Crippen LogP) is 4.82. The Morgan fingerprint density at radius 3 is 2.52 bits per heavy atom. The van der Waals surface area contributed by atoms with E-state index in [2.05, 4.69) is 14.7 Å². The topological polar surface area (TPSA) is 74.8 Å². The van der Waals surface area contributed by atoms with Crippen LogP contribution in [0.15, 0.2) is 71.6 Å². The number of benzene rings is 3. The molecule has 8 heteroatoms. The molecule has 0 amide bonds. The number of H-pyrrole nitrogens is 1. The minimum Gasteiger partial charge on any atom is -0.338 e. The summed E-state index contributed by atoms with van der Waals surface area (Å²) in [4.78, 5) is 7.56. The molecule has 0 saturated heterocycles. The van der Waals surface area contributed by atoms with Crippen LogP contribution < -0.4 is 4.72 Å². The fraction of sp³-hybridized carbons (Fsp3) is 0. The molecule has 0 bridgehead atoms. The van der Waals surface area contributed by atoms with Crippen molar-refractivity contribution >= 4 is 38.3 Å². The van der Waals surface area contributed by atoms with Gasteiger partial charge in [0.15, 0.2) is 0 Å². The number of imidazole rings is 1. The molecule has 3 aromatic carbocycles. The van der Waals surface area contributed by atoms with Crippen LogP contribution in [0.3, 0.4) is 0 Å². The van der Waals surface area contributed by atoms with Crippen molar-refractivity contribution in [3.8, 4) is 11.4 Å². The number of nitrogens with one attached hydrogen (secondary N) is 2. The van der Waals surface area contributed by atoms with Crippen molar-refractivity contribution in [2.75, 3.05) is 4.72 Å². The molecule has 0 radical (unpaired) electrons. The molecule has 0 unspecified atom stereocenters. The highest BCUT2D eigenvalue weighted by molar-refractivity contribution is 7.92. The van der Waals surface area contributed by atoms with Crippen LogP contribution in [0.2, 0.25) is 5.02 Å². The molecule has 0 fully saturated rings. The highest BCUT2D eigenvalue weighted by Crippen LogP contribution is 2.30. The Bertz CT molecular complexity index is 1220. The summed E-state index contributed by atoms with van der Waals surface area (Å²) in [7, 11) is -3.96. The molecule has 2 N–H and O–H groups in total. The molecule has 5 nitrogen and oxygen atoms in total. The summed E-state index contributed by atoms with van der Waals surface area (Å²) in [6, 6.07) is 17.6. The highest BCUT2D eigenvalue weighted by atomic mass is 35.5. The number of rotatable bonds is 4. The van der Waals surface area contributed by atoms with Crippen molar-refractivity contribution in [1.29, 1.82) is 0 Å². The van der Waals surface area contributed by atoms with E-state index in [-0.39, 0.29) is 9.92 Å². The number of sulfonamides is 1. The van der Waals surface area contributed by atoms with Crippen LogP contribution in [-0.4, -0.2) is 18.4 Å². The molecule has 0 aliphatic carbocycles. The number of para-hydroxylation sites is 3. The van der Waals surface area contributed by atoms with E-state index in [0.717, 1.165) is 29.2 Å². The Kier molecular flexibility index (Phi) is 4.33. The van der Waals surface area contributed by atoms with Crippen molar-refractivity contribution in [3.63, 3.8) is 0 Å². The summed E-state index contributed by atoms with van der Waals surface area (Å²) >= 11 is 5.71. The lowest BCUT2D eigenvalue weighted by molar-refractivity contribution is 0.599. The van der Waals surface area contributed by atoms with Gasteiger partial charge in [-0.05, 0) is 42.5 Å². The maximum Gasteiger partial charge on any atom is 0.261 e. The fourth-order valence-corrected chi connectivity index (χ4v) is 4.06. The van der Waals surface area contributed by atoms with Crippen molar-refractivity contribution in [2.24, 2.45) is 0 Å². The van der Waals surface area contributed by atoms with Gasteiger partial charge in [0.1, 0.15) is 11.6 Å². The van der Waals surface area contributed by atoms with Crippen LogP contribution in [0.1, 0.15) is 0 Å². The summed E-state index contributed by atoms with van der Waals surface area (Å²) in [6.07, 6.45) is 0. The number of halogens is 2. The summed E-state index contributed by atoms with van der Waals surface area (Å²) in [5.74, 6) is -0.148. The largest absolute Gasteiger partial charge is 0.338 e. The van der Waals surface area contributed by atoms with Gasteiger partial charge in [-0.1, -0.05) is 35.9 Å². The number of aromatic amines is 1. The smallest absolute Gasteiger partial charge is 0.261 e. The van der Waals surface area contributed by atoms with Gasteiger partial charge in [0.05, 0.1) is 26.6 Å². The van der Waals surface area contributed by atoms with Gasteiger partial charge in [-0.25, -0.2) is 17.8 Å². The number of hydrogen-bond donors (Lipinski definition) is 2. The van der Waals surface area contributed by atoms with Gasteiger partial charge in [-0.2, -0.15) is 0 Å². The SMILES string of the molecule is O=S(=O)(Nc1ccccc1-c1nc2ccccc2[nH]1)c1ccc(F)c(Cl)c1. The van der Waals surface area contributed by atoms with Crippen molar-refractivity contribution < 1.29 is 12.8 Å². The normalized spacial score (nSPS) is 11.6. The average Bonchev–Trinajstić information content (AvgIpc) is 3.08. The molecule has 27 heavy (non-hydrogen) atoms. The summed E-state index contributed by atoms with van der Waals surface area (Å²) in [5, 5.41) is -0.261. The zero-order chi connectivity index (χ0) is 19.0. The Morgan fingerprint density at radius 2 is 1.74 bits per heavy atom. The molecule has 1 aromatic heterocycles. The molecule has 0 saturated carbocycles. The van der Waals surface area contributed by atoms with E-state index < -0.39 is 15.8 Å². The molecule has 0 atom stereocenters. The quantitative estimate of drug-likeness (QED) is 0.514. The third kappa shape index (κ3) is 3.39. The summed E-state index contributed by atoms with van der Waals surface area (Å²) in [5.41, 5.74) is 2.55. The van der Waals surface area contributed by atoms with E-state index >= 15 is 0 Å². The minimum atomic E-state index is -3.96. The van der Waals surface area contributed by atoms with E-state index in [0.29, 0.717) is 17.1 Å². The first-order chi connectivity index (χ1) is 12.9. The van der Waals surface area contributed by atoms with Crippen LogP contribution in [0.4, 0.5) is 10.1 Å². The molecule has 0 aliphatic heterocycles. The first kappa shape index (κ1) is 17.5. The zero-order valence-corrected chi connectivity index (χ0v) is 15.4. The first-order valence-corrected chi connectivity index (χ1v) is 9.82. The Morgan fingerprint density at radius 1 is 1.00 bits per heavy atom. The minimum absolute atomic E-state index is 0.131. The zero-order valence-electron chi connectivity index (χ0n) is 13.8. The van der Waals surface area contributed by atoms with E-state index in [9.17, 15) is 12.8 Å². The third-order valence-corrected chi connectivity index (χ3v) is 5.67. The fourth-order valence-electron chi connectivity index (χ4n) is 2.71. The molecule has 0 spiro atoms. The molecular formula is C19H13ClFN3O2S. The molecule has 1 heterocycles. The Hall–Kier alpha value is -2.90. The van der Waals surface area contributed by atoms with Gasteiger partial charge in [-0.3, -0.25) is 4.72 Å². The predicted molar refractivity (Wildman–Crippen MR) is 104 cm³/mol. The lowest BCUT2D eigenvalue weighted by Crippen LogP contribution is -2.14. The van der Waals surface area contributed by atoms with Gasteiger partial charge in [0.2, 0.25) is 0 Å². The maximum absolute atomic E-state index is 13.3. The van der Waals surface area contributed by atoms with Gasteiger partial charge in [0, 0.05) is 5.56 Å². The lowest BCUT2D eigenvalue weighted by Gasteiger charge is -2.11. The van der Waals surface area contributed by atoms with Crippen molar-refractivity contribution in [2.45, 2.75) is 4.90 Å². The molecule has 4 aromatic rings. The number of fused-ring (bicyclic) bond motifs is 1. The lowest BCUT2D eigenvalue weighted by atomic mass is 10.2. The van der Waals surface area contributed by atoms with Crippen molar-refractivity contribution in [3.05, 3.63) is 77.6 Å². The van der Waals surface area contributed by atoms with E-state index in [4.69, 9.17) is 11.6 Å². The van der Waals surface area contributed by atoms with Crippen LogP contribution in [-0.2, 0) is 10.0 Å². The molecule has 0 aliphatic rings. The van der Waals surface area contributed by atoms with Crippen molar-refractivity contribution in [1.82, 2.24) is 9.97 Å². The van der Waals surface area contributed by atoms with Crippen LogP contribution in [0.5, 0.6) is 0 Å². The van der Waals surface area contributed by atoms with E-state index in [1.165, 1.54) is 0 Å². The van der Waals surface area contributed by atoms with Gasteiger partial charge in [0.25, 0.3) is 10.0 Å². The average molecular weight is 402 g/mol. The number of hydrogen-bond acceptors (Lipinski definition) is 3. The van der Waals surface area contributed by atoms with Crippen LogP contribution in [0, 0.1) is 5.82 Å². The van der Waals surface area contributed by atoms with Crippen LogP contribution in [0.25, 0.3) is 22.4 Å². The second-order valence-corrected chi connectivity index (χ2v) is 7.92. The van der Waals surface area contributed by atoms with Gasteiger partial charge >= 0.3 is 0 Å². The van der Waals surface area contributed by atoms with E-state index in [1.807, 2.05) is 24.3 Å². The third-order valence-electron chi connectivity index (χ3n) is 4.02. The summed E-state index contributed by atoms with van der Waals surface area (Å²) in [6.45, 7) is 0.